The summed E-state index contributed by atoms with van der Waals surface area (Å²) in [7, 11) is 0. The summed E-state index contributed by atoms with van der Waals surface area (Å²) in [6.45, 7) is 3.73. The van der Waals surface area contributed by atoms with Crippen LogP contribution in [0.3, 0.4) is 0 Å². The van der Waals surface area contributed by atoms with E-state index in [2.05, 4.69) is 25.0 Å². The molecule has 0 radical (unpaired) electrons. The lowest BCUT2D eigenvalue weighted by Crippen LogP contribution is -2.61. The summed E-state index contributed by atoms with van der Waals surface area (Å²) in [6, 6.07) is 2.80. The SMILES string of the molecule is Cc1nc(N2CC3(CCN(c4cc5c(cn4)cnn5CC(F)F)CC3)C2)cc(C(F)(F)F)n1. The van der Waals surface area contributed by atoms with Crippen molar-refractivity contribution in [2.24, 2.45) is 5.41 Å². The third-order valence-corrected chi connectivity index (χ3v) is 6.46. The van der Waals surface area contributed by atoms with E-state index >= 15 is 0 Å². The van der Waals surface area contributed by atoms with E-state index in [1.165, 1.54) is 17.8 Å². The second-order valence-electron chi connectivity index (χ2n) is 8.82. The number of pyridine rings is 1. The van der Waals surface area contributed by atoms with Crippen LogP contribution in [0.25, 0.3) is 10.9 Å². The van der Waals surface area contributed by atoms with Gasteiger partial charge in [-0.25, -0.2) is 23.7 Å². The predicted molar refractivity (Wildman–Crippen MR) is 111 cm³/mol. The number of rotatable bonds is 4. The molecule has 5 heterocycles. The molecule has 2 aliphatic rings. The second kappa shape index (κ2) is 7.77. The highest BCUT2D eigenvalue weighted by Gasteiger charge is 2.46. The molecule has 0 aliphatic carbocycles. The molecular weight excluding hydrogens is 445 g/mol. The van der Waals surface area contributed by atoms with Crippen LogP contribution in [-0.2, 0) is 12.7 Å². The fourth-order valence-corrected chi connectivity index (χ4v) is 4.72. The number of hydrogen-bond donors (Lipinski definition) is 0. The van der Waals surface area contributed by atoms with Gasteiger partial charge in [-0.1, -0.05) is 0 Å². The maximum absolute atomic E-state index is 13.1. The Kier molecular flexibility index (Phi) is 5.13. The van der Waals surface area contributed by atoms with Crippen molar-refractivity contribution in [2.75, 3.05) is 36.0 Å². The second-order valence-corrected chi connectivity index (χ2v) is 8.82. The van der Waals surface area contributed by atoms with Gasteiger partial charge in [-0.15, -0.1) is 0 Å². The number of aromatic nitrogens is 5. The molecular formula is C21H22F5N7. The van der Waals surface area contributed by atoms with Crippen molar-refractivity contribution in [2.45, 2.75) is 38.9 Å². The molecule has 2 aliphatic heterocycles. The maximum Gasteiger partial charge on any atom is 0.433 e. The van der Waals surface area contributed by atoms with Gasteiger partial charge in [0.05, 0.1) is 11.7 Å². The Labute approximate surface area is 186 Å². The number of piperidine rings is 1. The average molecular weight is 467 g/mol. The van der Waals surface area contributed by atoms with Gasteiger partial charge in [0.25, 0.3) is 6.43 Å². The highest BCUT2D eigenvalue weighted by atomic mass is 19.4. The van der Waals surface area contributed by atoms with E-state index in [1.54, 1.807) is 12.3 Å². The van der Waals surface area contributed by atoms with Gasteiger partial charge in [0.15, 0.2) is 0 Å². The topological polar surface area (TPSA) is 63.0 Å². The molecule has 2 fully saturated rings. The summed E-state index contributed by atoms with van der Waals surface area (Å²) in [4.78, 5) is 16.2. The molecule has 33 heavy (non-hydrogen) atoms. The summed E-state index contributed by atoms with van der Waals surface area (Å²) in [5, 5.41) is 4.73. The summed E-state index contributed by atoms with van der Waals surface area (Å²) in [5.74, 6) is 1.12. The summed E-state index contributed by atoms with van der Waals surface area (Å²) in [6.07, 6.45) is -2.11. The first-order valence-electron chi connectivity index (χ1n) is 10.6. The van der Waals surface area contributed by atoms with E-state index < -0.39 is 24.8 Å². The monoisotopic (exact) mass is 467 g/mol. The molecule has 0 aromatic carbocycles. The van der Waals surface area contributed by atoms with Gasteiger partial charge in [-0.2, -0.15) is 18.3 Å². The Morgan fingerprint density at radius 1 is 1.00 bits per heavy atom. The van der Waals surface area contributed by atoms with Gasteiger partial charge in [0, 0.05) is 55.3 Å². The Morgan fingerprint density at radius 2 is 1.73 bits per heavy atom. The first-order chi connectivity index (χ1) is 15.6. The van der Waals surface area contributed by atoms with E-state index in [0.29, 0.717) is 35.6 Å². The summed E-state index contributed by atoms with van der Waals surface area (Å²) in [5.41, 5.74) is -0.279. The molecule has 2 saturated heterocycles. The number of halogens is 5. The molecule has 0 N–H and O–H groups in total. The first-order valence-corrected chi connectivity index (χ1v) is 10.6. The van der Waals surface area contributed by atoms with E-state index in [-0.39, 0.29) is 11.2 Å². The van der Waals surface area contributed by atoms with Gasteiger partial charge in [-0.05, 0) is 19.8 Å². The van der Waals surface area contributed by atoms with Crippen molar-refractivity contribution in [1.82, 2.24) is 24.7 Å². The van der Waals surface area contributed by atoms with Crippen LogP contribution in [0.15, 0.2) is 24.5 Å². The van der Waals surface area contributed by atoms with E-state index in [0.717, 1.165) is 32.0 Å². The number of alkyl halides is 5. The van der Waals surface area contributed by atoms with Crippen molar-refractivity contribution in [3.05, 3.63) is 36.0 Å². The van der Waals surface area contributed by atoms with Crippen LogP contribution in [-0.4, -0.2) is 57.3 Å². The van der Waals surface area contributed by atoms with Crippen LogP contribution in [0.5, 0.6) is 0 Å². The average Bonchev–Trinajstić information content (AvgIpc) is 3.12. The Hall–Kier alpha value is -3.05. The van der Waals surface area contributed by atoms with Crippen LogP contribution in [0.1, 0.15) is 24.4 Å². The molecule has 5 rings (SSSR count). The molecule has 12 heteroatoms. The molecule has 0 atom stereocenters. The molecule has 1 spiro atoms. The largest absolute Gasteiger partial charge is 0.433 e. The quantitative estimate of drug-likeness (QED) is 0.542. The minimum Gasteiger partial charge on any atom is -0.357 e. The van der Waals surface area contributed by atoms with Crippen LogP contribution < -0.4 is 9.80 Å². The number of fused-ring (bicyclic) bond motifs is 1. The highest BCUT2D eigenvalue weighted by Crippen LogP contribution is 2.43. The normalized spacial score (nSPS) is 18.4. The third kappa shape index (κ3) is 4.18. The number of aryl methyl sites for hydroxylation is 1. The third-order valence-electron chi connectivity index (χ3n) is 6.46. The van der Waals surface area contributed by atoms with E-state index in [4.69, 9.17) is 0 Å². The van der Waals surface area contributed by atoms with Gasteiger partial charge in [-0.3, -0.25) is 4.68 Å². The standard InChI is InChI=1S/C21H22F5N7/c1-13-29-16(21(24,25)26)7-19(30-13)32-11-20(12-32)2-4-31(5-3-20)18-6-15-14(8-27-18)9-28-33(15)10-17(22)23/h6-9,17H,2-5,10-12H2,1H3. The van der Waals surface area contributed by atoms with Crippen molar-refractivity contribution < 1.29 is 22.0 Å². The lowest BCUT2D eigenvalue weighted by atomic mass is 9.72. The number of anilines is 2. The predicted octanol–water partition coefficient (Wildman–Crippen LogP) is 3.92. The summed E-state index contributed by atoms with van der Waals surface area (Å²) >= 11 is 0. The molecule has 176 valence electrons. The zero-order valence-electron chi connectivity index (χ0n) is 17.9. The van der Waals surface area contributed by atoms with E-state index in [9.17, 15) is 22.0 Å². The number of hydrogen-bond acceptors (Lipinski definition) is 6. The molecule has 0 amide bonds. The number of nitrogens with zero attached hydrogens (tertiary/aromatic N) is 7. The molecule has 3 aromatic rings. The Bertz CT molecular complexity index is 1160. The van der Waals surface area contributed by atoms with Crippen molar-refractivity contribution >= 4 is 22.5 Å². The van der Waals surface area contributed by atoms with Crippen LogP contribution in [0.4, 0.5) is 33.6 Å². The van der Waals surface area contributed by atoms with Crippen LogP contribution in [0, 0.1) is 12.3 Å². The maximum atomic E-state index is 13.1. The Balaban J connectivity index is 1.25. The lowest BCUT2D eigenvalue weighted by Gasteiger charge is -2.54. The first kappa shape index (κ1) is 21.8. The molecule has 0 saturated carbocycles. The fourth-order valence-electron chi connectivity index (χ4n) is 4.72. The highest BCUT2D eigenvalue weighted by molar-refractivity contribution is 5.80. The van der Waals surface area contributed by atoms with Gasteiger partial charge in [0.1, 0.15) is 29.7 Å². The summed E-state index contributed by atoms with van der Waals surface area (Å²) < 4.78 is 66.2. The minimum atomic E-state index is -4.50. The van der Waals surface area contributed by atoms with E-state index in [1.807, 2.05) is 4.90 Å². The van der Waals surface area contributed by atoms with Gasteiger partial charge >= 0.3 is 6.18 Å². The molecule has 7 nitrogen and oxygen atoms in total. The molecule has 0 bridgehead atoms. The van der Waals surface area contributed by atoms with Crippen LogP contribution >= 0.6 is 0 Å². The fraction of sp³-hybridized carbons (Fsp3) is 0.524. The van der Waals surface area contributed by atoms with Crippen molar-refractivity contribution in [1.29, 1.82) is 0 Å². The van der Waals surface area contributed by atoms with Gasteiger partial charge in [0.2, 0.25) is 0 Å². The minimum absolute atomic E-state index is 0.0231. The molecule has 3 aromatic heterocycles. The molecule has 0 unspecified atom stereocenters. The van der Waals surface area contributed by atoms with Crippen molar-refractivity contribution in [3.8, 4) is 0 Å². The van der Waals surface area contributed by atoms with Gasteiger partial charge < -0.3 is 9.80 Å². The Morgan fingerprint density at radius 3 is 2.39 bits per heavy atom. The van der Waals surface area contributed by atoms with Crippen molar-refractivity contribution in [3.63, 3.8) is 0 Å². The zero-order valence-corrected chi connectivity index (χ0v) is 17.9. The van der Waals surface area contributed by atoms with Crippen LogP contribution in [0.2, 0.25) is 0 Å². The lowest BCUT2D eigenvalue weighted by molar-refractivity contribution is -0.141. The smallest absolute Gasteiger partial charge is 0.357 e. The zero-order chi connectivity index (χ0) is 23.4.